The molecule has 0 radical (unpaired) electrons. The number of furan rings is 1. The number of carbonyl (C=O) groups excluding carboxylic acids is 2. The number of Topliss-reactive ketones (excluding diaryl/α,β-unsaturated/α-hetero) is 1. The molecule has 0 aromatic carbocycles. The molecule has 6 heteroatoms. The minimum atomic E-state index is -0.153. The number of aryl methyl sites for hydroxylation is 2. The fourth-order valence-electron chi connectivity index (χ4n) is 3.99. The first-order valence-electron chi connectivity index (χ1n) is 9.58. The highest BCUT2D eigenvalue weighted by molar-refractivity contribution is 6.10. The van der Waals surface area contributed by atoms with Gasteiger partial charge in [0, 0.05) is 44.9 Å². The number of rotatable bonds is 5. The number of aromatic nitrogens is 1. The number of pyridine rings is 1. The van der Waals surface area contributed by atoms with E-state index in [1.165, 1.54) is 0 Å². The van der Waals surface area contributed by atoms with Gasteiger partial charge in [-0.05, 0) is 43.9 Å². The smallest absolute Gasteiger partial charge is 0.258 e. The van der Waals surface area contributed by atoms with E-state index in [-0.39, 0.29) is 17.8 Å². The van der Waals surface area contributed by atoms with Gasteiger partial charge in [0.2, 0.25) is 0 Å². The molecule has 0 saturated carbocycles. The third-order valence-electron chi connectivity index (χ3n) is 5.32. The first-order valence-corrected chi connectivity index (χ1v) is 9.58. The largest absolute Gasteiger partial charge is 0.465 e. The molecule has 1 aliphatic heterocycles. The zero-order valence-corrected chi connectivity index (χ0v) is 15.6. The molecule has 2 aliphatic rings. The Balaban J connectivity index is 1.66. The highest BCUT2D eigenvalue weighted by Gasteiger charge is 2.33. The number of ketones is 1. The lowest BCUT2D eigenvalue weighted by molar-refractivity contribution is 0.0504. The Labute approximate surface area is 158 Å². The van der Waals surface area contributed by atoms with Crippen molar-refractivity contribution in [3.05, 3.63) is 52.7 Å². The second-order valence-electron chi connectivity index (χ2n) is 7.28. The van der Waals surface area contributed by atoms with Gasteiger partial charge >= 0.3 is 0 Å². The number of hydrogen-bond acceptors (Lipinski definition) is 5. The van der Waals surface area contributed by atoms with Gasteiger partial charge in [-0.1, -0.05) is 0 Å². The van der Waals surface area contributed by atoms with Crippen LogP contribution in [0.4, 0.5) is 0 Å². The average molecular weight is 368 g/mol. The van der Waals surface area contributed by atoms with Gasteiger partial charge in [-0.2, -0.15) is 0 Å². The summed E-state index contributed by atoms with van der Waals surface area (Å²) in [7, 11) is 0. The first-order chi connectivity index (χ1) is 13.1. The van der Waals surface area contributed by atoms with Crippen LogP contribution in [-0.4, -0.2) is 40.8 Å². The van der Waals surface area contributed by atoms with E-state index in [1.807, 2.05) is 12.1 Å². The number of nitrogens with zero attached hydrogens (tertiary/aromatic N) is 2. The number of fused-ring (bicyclic) bond motifs is 1. The summed E-state index contributed by atoms with van der Waals surface area (Å²) < 4.78 is 11.5. The first kappa shape index (κ1) is 17.9. The third-order valence-corrected chi connectivity index (χ3v) is 5.32. The summed E-state index contributed by atoms with van der Waals surface area (Å²) in [5.41, 5.74) is 1.93. The molecule has 3 heterocycles. The molecule has 1 amide bonds. The quantitative estimate of drug-likeness (QED) is 0.809. The van der Waals surface area contributed by atoms with Crippen LogP contribution in [0.5, 0.6) is 0 Å². The van der Waals surface area contributed by atoms with Crippen LogP contribution < -0.4 is 0 Å². The lowest BCUT2D eigenvalue weighted by Gasteiger charge is -2.26. The Hall–Kier alpha value is -2.47. The Bertz CT molecular complexity index is 837. The number of hydrogen-bond donors (Lipinski definition) is 0. The van der Waals surface area contributed by atoms with E-state index in [0.29, 0.717) is 48.6 Å². The van der Waals surface area contributed by atoms with Crippen molar-refractivity contribution in [2.24, 2.45) is 0 Å². The maximum absolute atomic E-state index is 13.5. The Morgan fingerprint density at radius 3 is 2.81 bits per heavy atom. The molecule has 2 aromatic rings. The molecule has 1 atom stereocenters. The molecular weight excluding hydrogens is 344 g/mol. The van der Waals surface area contributed by atoms with Crippen LogP contribution in [0.2, 0.25) is 0 Å². The van der Waals surface area contributed by atoms with Crippen molar-refractivity contribution in [2.75, 3.05) is 13.2 Å². The van der Waals surface area contributed by atoms with Gasteiger partial charge in [-0.15, -0.1) is 0 Å². The summed E-state index contributed by atoms with van der Waals surface area (Å²) in [6.07, 6.45) is 7.41. The van der Waals surface area contributed by atoms with Gasteiger partial charge in [0.15, 0.2) is 5.78 Å². The summed E-state index contributed by atoms with van der Waals surface area (Å²) in [4.78, 5) is 31.8. The fourth-order valence-corrected chi connectivity index (χ4v) is 3.99. The Kier molecular flexibility index (Phi) is 5.07. The van der Waals surface area contributed by atoms with Crippen molar-refractivity contribution in [2.45, 2.75) is 51.7 Å². The van der Waals surface area contributed by atoms with Crippen molar-refractivity contribution in [3.8, 4) is 0 Å². The van der Waals surface area contributed by atoms with E-state index in [1.54, 1.807) is 24.2 Å². The van der Waals surface area contributed by atoms with Gasteiger partial charge in [-0.25, -0.2) is 0 Å². The van der Waals surface area contributed by atoms with Crippen LogP contribution in [0.15, 0.2) is 28.9 Å². The molecule has 1 aliphatic carbocycles. The van der Waals surface area contributed by atoms with Crippen molar-refractivity contribution < 1.29 is 18.7 Å². The highest BCUT2D eigenvalue weighted by atomic mass is 16.5. The fraction of sp³-hybridized carbons (Fsp3) is 0.476. The minimum absolute atomic E-state index is 0.0115. The minimum Gasteiger partial charge on any atom is -0.465 e. The maximum Gasteiger partial charge on any atom is 0.258 e. The molecule has 0 unspecified atom stereocenters. The second kappa shape index (κ2) is 7.64. The molecule has 142 valence electrons. The van der Waals surface area contributed by atoms with Gasteiger partial charge < -0.3 is 14.1 Å². The van der Waals surface area contributed by atoms with Crippen LogP contribution in [0.25, 0.3) is 0 Å². The van der Waals surface area contributed by atoms with E-state index < -0.39 is 0 Å². The summed E-state index contributed by atoms with van der Waals surface area (Å²) >= 11 is 0. The van der Waals surface area contributed by atoms with E-state index >= 15 is 0 Å². The zero-order chi connectivity index (χ0) is 18.8. The standard InChI is InChI=1S/C21H24N2O4/c1-14-19(20-17(24)5-2-6-18(20)27-14)21(25)23(13-16-4-3-11-26-16)12-15-7-9-22-10-8-15/h7-10,16H,2-6,11-13H2,1H3/t16-/m1/s1. The van der Waals surface area contributed by atoms with Gasteiger partial charge in [0.25, 0.3) is 5.91 Å². The van der Waals surface area contributed by atoms with Crippen LogP contribution in [0.3, 0.4) is 0 Å². The monoisotopic (exact) mass is 368 g/mol. The lowest BCUT2D eigenvalue weighted by atomic mass is 9.93. The number of ether oxygens (including phenoxy) is 1. The molecule has 1 fully saturated rings. The zero-order valence-electron chi connectivity index (χ0n) is 15.6. The molecule has 2 aromatic heterocycles. The van der Waals surface area contributed by atoms with Crippen molar-refractivity contribution in [1.82, 2.24) is 9.88 Å². The number of carbonyl (C=O) groups is 2. The maximum atomic E-state index is 13.5. The summed E-state index contributed by atoms with van der Waals surface area (Å²) in [6.45, 7) is 3.47. The molecule has 0 spiro atoms. The van der Waals surface area contributed by atoms with Crippen molar-refractivity contribution >= 4 is 11.7 Å². The molecular formula is C21H24N2O4. The molecule has 0 N–H and O–H groups in total. The second-order valence-corrected chi connectivity index (χ2v) is 7.28. The molecule has 27 heavy (non-hydrogen) atoms. The lowest BCUT2D eigenvalue weighted by Crippen LogP contribution is -2.37. The third kappa shape index (κ3) is 3.67. The van der Waals surface area contributed by atoms with Gasteiger partial charge in [0.1, 0.15) is 11.5 Å². The topological polar surface area (TPSA) is 72.6 Å². The SMILES string of the molecule is Cc1oc2c(c1C(=O)N(Cc1ccncc1)C[C@H]1CCCO1)C(=O)CCC2. The Morgan fingerprint density at radius 2 is 2.07 bits per heavy atom. The molecule has 4 rings (SSSR count). The summed E-state index contributed by atoms with van der Waals surface area (Å²) in [5.74, 6) is 1.05. The molecule has 6 nitrogen and oxygen atoms in total. The van der Waals surface area contributed by atoms with Crippen LogP contribution in [0.1, 0.15) is 63.5 Å². The summed E-state index contributed by atoms with van der Waals surface area (Å²) in [5, 5.41) is 0. The molecule has 0 bridgehead atoms. The van der Waals surface area contributed by atoms with Crippen molar-refractivity contribution in [1.29, 1.82) is 0 Å². The van der Waals surface area contributed by atoms with Crippen molar-refractivity contribution in [3.63, 3.8) is 0 Å². The predicted octanol–water partition coefficient (Wildman–Crippen LogP) is 3.32. The highest BCUT2D eigenvalue weighted by Crippen LogP contribution is 2.31. The van der Waals surface area contributed by atoms with Crippen LogP contribution in [0, 0.1) is 6.92 Å². The van der Waals surface area contributed by atoms with Crippen LogP contribution >= 0.6 is 0 Å². The average Bonchev–Trinajstić information content (AvgIpc) is 3.29. The summed E-state index contributed by atoms with van der Waals surface area (Å²) in [6, 6.07) is 3.80. The molecule has 1 saturated heterocycles. The Morgan fingerprint density at radius 1 is 1.26 bits per heavy atom. The predicted molar refractivity (Wildman–Crippen MR) is 98.7 cm³/mol. The number of amides is 1. The normalized spacial score (nSPS) is 19.1. The van der Waals surface area contributed by atoms with E-state index in [4.69, 9.17) is 9.15 Å². The van der Waals surface area contributed by atoms with Crippen LogP contribution in [-0.2, 0) is 17.7 Å². The van der Waals surface area contributed by atoms with E-state index in [2.05, 4.69) is 4.98 Å². The van der Waals surface area contributed by atoms with Gasteiger partial charge in [0.05, 0.1) is 17.2 Å². The van der Waals surface area contributed by atoms with E-state index in [9.17, 15) is 9.59 Å². The van der Waals surface area contributed by atoms with E-state index in [0.717, 1.165) is 31.4 Å². The van der Waals surface area contributed by atoms with Gasteiger partial charge in [-0.3, -0.25) is 14.6 Å².